The summed E-state index contributed by atoms with van der Waals surface area (Å²) in [6, 6.07) is 17.2. The molecule has 158 valence electrons. The largest absolute Gasteiger partial charge is 0.490 e. The molecule has 2 aromatic carbocycles. The second-order valence-electron chi connectivity index (χ2n) is 8.32. The van der Waals surface area contributed by atoms with Crippen LogP contribution < -0.4 is 10.1 Å². The molecule has 0 unspecified atom stereocenters. The van der Waals surface area contributed by atoms with Crippen molar-refractivity contribution in [1.29, 1.82) is 0 Å². The van der Waals surface area contributed by atoms with Gasteiger partial charge in [0.05, 0.1) is 0 Å². The van der Waals surface area contributed by atoms with Crippen molar-refractivity contribution in [3.8, 4) is 5.75 Å². The number of piperidine rings is 1. The van der Waals surface area contributed by atoms with Gasteiger partial charge in [0.25, 0.3) is 5.91 Å². The van der Waals surface area contributed by atoms with Gasteiger partial charge in [-0.05, 0) is 36.6 Å². The predicted octanol–water partition coefficient (Wildman–Crippen LogP) is 4.18. The maximum Gasteiger partial charge on any atom is 0.251 e. The first-order chi connectivity index (χ1) is 14.7. The molecule has 5 heteroatoms. The Morgan fingerprint density at radius 3 is 2.40 bits per heavy atom. The maximum absolute atomic E-state index is 12.6. The van der Waals surface area contributed by atoms with Gasteiger partial charge in [-0.2, -0.15) is 0 Å². The highest BCUT2D eigenvalue weighted by molar-refractivity contribution is 5.94. The number of likely N-dealkylation sites (tertiary alicyclic amines) is 1. The lowest BCUT2D eigenvalue weighted by atomic mass is 10.0. The number of ether oxygens (including phenoxy) is 1. The molecule has 2 aliphatic rings. The Hall–Kier alpha value is -2.82. The molecule has 30 heavy (non-hydrogen) atoms. The molecule has 2 fully saturated rings. The molecule has 1 N–H and O–H groups in total. The van der Waals surface area contributed by atoms with Crippen LogP contribution >= 0.6 is 0 Å². The summed E-state index contributed by atoms with van der Waals surface area (Å²) in [4.78, 5) is 27.1. The van der Waals surface area contributed by atoms with Gasteiger partial charge in [-0.25, -0.2) is 0 Å². The fourth-order valence-corrected chi connectivity index (χ4v) is 4.41. The number of rotatable bonds is 6. The minimum absolute atomic E-state index is 0.0836. The third kappa shape index (κ3) is 5.21. The molecule has 0 atom stereocenters. The average Bonchev–Trinajstić information content (AvgIpc) is 3.33. The molecule has 2 aromatic rings. The lowest BCUT2D eigenvalue weighted by Gasteiger charge is -2.33. The predicted molar refractivity (Wildman–Crippen MR) is 116 cm³/mol. The summed E-state index contributed by atoms with van der Waals surface area (Å²) < 4.78 is 6.14. The van der Waals surface area contributed by atoms with E-state index < -0.39 is 0 Å². The Morgan fingerprint density at radius 2 is 1.67 bits per heavy atom. The van der Waals surface area contributed by atoms with E-state index in [4.69, 9.17) is 4.74 Å². The zero-order valence-electron chi connectivity index (χ0n) is 17.4. The fourth-order valence-electron chi connectivity index (χ4n) is 4.41. The van der Waals surface area contributed by atoms with E-state index in [9.17, 15) is 9.59 Å². The lowest BCUT2D eigenvalue weighted by molar-refractivity contribution is -0.137. The lowest BCUT2D eigenvalue weighted by Crippen LogP contribution is -2.44. The third-order valence-electron chi connectivity index (χ3n) is 6.15. The summed E-state index contributed by atoms with van der Waals surface area (Å²) in [5.74, 6) is 1.18. The summed E-state index contributed by atoms with van der Waals surface area (Å²) in [6.45, 7) is 2.02. The van der Waals surface area contributed by atoms with Crippen molar-refractivity contribution in [2.75, 3.05) is 13.1 Å². The highest BCUT2D eigenvalue weighted by Crippen LogP contribution is 2.28. The Labute approximate surface area is 178 Å². The van der Waals surface area contributed by atoms with Crippen molar-refractivity contribution in [1.82, 2.24) is 10.2 Å². The summed E-state index contributed by atoms with van der Waals surface area (Å²) in [5.41, 5.74) is 1.66. The average molecular weight is 407 g/mol. The van der Waals surface area contributed by atoms with Crippen molar-refractivity contribution in [3.63, 3.8) is 0 Å². The monoisotopic (exact) mass is 406 g/mol. The smallest absolute Gasteiger partial charge is 0.251 e. The molecule has 1 aliphatic heterocycles. The van der Waals surface area contributed by atoms with Crippen LogP contribution in [-0.2, 0) is 11.3 Å². The SMILES string of the molecule is O=C(NCc1ccccc1)c1cccc(OC2CCN(C(=O)C3CCCC3)CC2)c1. The Balaban J connectivity index is 1.27. The van der Waals surface area contributed by atoms with E-state index in [1.807, 2.05) is 47.4 Å². The molecule has 1 saturated heterocycles. The Kier molecular flexibility index (Phi) is 6.67. The van der Waals surface area contributed by atoms with E-state index in [-0.39, 0.29) is 17.9 Å². The van der Waals surface area contributed by atoms with Gasteiger partial charge in [-0.1, -0.05) is 49.2 Å². The Bertz CT molecular complexity index is 854. The molecule has 1 aliphatic carbocycles. The molecule has 0 spiro atoms. The highest BCUT2D eigenvalue weighted by atomic mass is 16.5. The molecular weight excluding hydrogens is 376 g/mol. The van der Waals surface area contributed by atoms with Gasteiger partial charge in [0.15, 0.2) is 0 Å². The van der Waals surface area contributed by atoms with E-state index in [1.165, 1.54) is 12.8 Å². The zero-order valence-corrected chi connectivity index (χ0v) is 17.4. The second-order valence-corrected chi connectivity index (χ2v) is 8.32. The number of nitrogens with one attached hydrogen (secondary N) is 1. The van der Waals surface area contributed by atoms with E-state index in [0.29, 0.717) is 23.8 Å². The molecule has 4 rings (SSSR count). The fraction of sp³-hybridized carbons (Fsp3) is 0.440. The van der Waals surface area contributed by atoms with Crippen LogP contribution in [0, 0.1) is 5.92 Å². The van der Waals surface area contributed by atoms with Crippen molar-refractivity contribution in [2.24, 2.45) is 5.92 Å². The number of hydrogen-bond acceptors (Lipinski definition) is 3. The summed E-state index contributed by atoms with van der Waals surface area (Å²) >= 11 is 0. The van der Waals surface area contributed by atoms with Crippen LogP contribution in [0.3, 0.4) is 0 Å². The third-order valence-corrected chi connectivity index (χ3v) is 6.15. The van der Waals surface area contributed by atoms with Crippen LogP contribution in [0.25, 0.3) is 0 Å². The van der Waals surface area contributed by atoms with E-state index in [0.717, 1.165) is 44.3 Å². The minimum Gasteiger partial charge on any atom is -0.490 e. The zero-order chi connectivity index (χ0) is 20.8. The summed E-state index contributed by atoms with van der Waals surface area (Å²) in [6.07, 6.45) is 6.23. The number of carbonyl (C=O) groups is 2. The molecular formula is C25H30N2O3. The number of carbonyl (C=O) groups excluding carboxylic acids is 2. The van der Waals surface area contributed by atoms with Crippen molar-refractivity contribution < 1.29 is 14.3 Å². The first-order valence-corrected chi connectivity index (χ1v) is 11.1. The van der Waals surface area contributed by atoms with E-state index >= 15 is 0 Å². The van der Waals surface area contributed by atoms with E-state index in [1.54, 1.807) is 12.1 Å². The van der Waals surface area contributed by atoms with E-state index in [2.05, 4.69) is 5.32 Å². The normalized spacial score (nSPS) is 17.7. The highest BCUT2D eigenvalue weighted by Gasteiger charge is 2.30. The van der Waals surface area contributed by atoms with Gasteiger partial charge in [0.1, 0.15) is 11.9 Å². The number of hydrogen-bond donors (Lipinski definition) is 1. The van der Waals surface area contributed by atoms with Gasteiger partial charge in [0.2, 0.25) is 5.91 Å². The number of nitrogens with zero attached hydrogens (tertiary/aromatic N) is 1. The summed E-state index contributed by atoms with van der Waals surface area (Å²) in [5, 5.41) is 2.95. The van der Waals surface area contributed by atoms with Gasteiger partial charge in [0, 0.05) is 44.0 Å². The quantitative estimate of drug-likeness (QED) is 0.783. The van der Waals surface area contributed by atoms with Crippen molar-refractivity contribution in [3.05, 3.63) is 65.7 Å². The van der Waals surface area contributed by atoms with Crippen LogP contribution in [-0.4, -0.2) is 35.9 Å². The molecule has 1 saturated carbocycles. The summed E-state index contributed by atoms with van der Waals surface area (Å²) in [7, 11) is 0. The first-order valence-electron chi connectivity index (χ1n) is 11.1. The number of amides is 2. The number of benzene rings is 2. The van der Waals surface area contributed by atoms with Crippen LogP contribution in [0.4, 0.5) is 0 Å². The second kappa shape index (κ2) is 9.79. The molecule has 0 bridgehead atoms. The molecule has 0 aromatic heterocycles. The Morgan fingerprint density at radius 1 is 0.933 bits per heavy atom. The molecule has 5 nitrogen and oxygen atoms in total. The topological polar surface area (TPSA) is 58.6 Å². The van der Waals surface area contributed by atoms with Crippen LogP contribution in [0.2, 0.25) is 0 Å². The van der Waals surface area contributed by atoms with Crippen LogP contribution in [0.5, 0.6) is 5.75 Å². The van der Waals surface area contributed by atoms with Crippen LogP contribution in [0.1, 0.15) is 54.4 Å². The van der Waals surface area contributed by atoms with Crippen molar-refractivity contribution >= 4 is 11.8 Å². The standard InChI is InChI=1S/C25H30N2O3/c28-24(26-18-19-7-2-1-3-8-19)21-11-6-12-23(17-21)30-22-13-15-27(16-14-22)25(29)20-9-4-5-10-20/h1-3,6-8,11-12,17,20,22H,4-5,9-10,13-16,18H2,(H,26,28). The minimum atomic E-state index is -0.110. The van der Waals surface area contributed by atoms with Gasteiger partial charge < -0.3 is 15.0 Å². The molecule has 0 radical (unpaired) electrons. The van der Waals surface area contributed by atoms with Gasteiger partial charge in [-0.15, -0.1) is 0 Å². The van der Waals surface area contributed by atoms with Crippen molar-refractivity contribution in [2.45, 2.75) is 51.2 Å². The van der Waals surface area contributed by atoms with Gasteiger partial charge >= 0.3 is 0 Å². The van der Waals surface area contributed by atoms with Crippen LogP contribution in [0.15, 0.2) is 54.6 Å². The first kappa shape index (κ1) is 20.5. The van der Waals surface area contributed by atoms with Gasteiger partial charge in [-0.3, -0.25) is 9.59 Å². The molecule has 1 heterocycles. The maximum atomic E-state index is 12.6. The molecule has 2 amide bonds.